The molecular formula is C24H27F2NO2S. The van der Waals surface area contributed by atoms with Gasteiger partial charge in [0, 0.05) is 29.0 Å². The lowest BCUT2D eigenvalue weighted by atomic mass is 9.66. The summed E-state index contributed by atoms with van der Waals surface area (Å²) in [6.07, 6.45) is 12.6. The van der Waals surface area contributed by atoms with Crippen molar-refractivity contribution in [1.29, 1.82) is 0 Å². The summed E-state index contributed by atoms with van der Waals surface area (Å²) in [6.45, 7) is 4.20. The zero-order valence-electron chi connectivity index (χ0n) is 17.3. The lowest BCUT2D eigenvalue weighted by Crippen LogP contribution is -2.41. The second-order valence-electron chi connectivity index (χ2n) is 8.65. The monoisotopic (exact) mass is 431 g/mol. The normalized spacial score (nSPS) is 29.2. The molecule has 1 N–H and O–H groups in total. The summed E-state index contributed by atoms with van der Waals surface area (Å²) in [5.74, 6) is -2.34. The summed E-state index contributed by atoms with van der Waals surface area (Å²) >= 11 is 1.71. The Morgan fingerprint density at radius 2 is 2.03 bits per heavy atom. The van der Waals surface area contributed by atoms with Gasteiger partial charge in [-0.2, -0.15) is 0 Å². The number of rotatable bonds is 5. The van der Waals surface area contributed by atoms with E-state index in [-0.39, 0.29) is 30.1 Å². The van der Waals surface area contributed by atoms with Gasteiger partial charge in [-0.25, -0.2) is 13.1 Å². The number of hydrogen-bond acceptors (Lipinski definition) is 3. The zero-order valence-corrected chi connectivity index (χ0v) is 18.1. The smallest absolute Gasteiger partial charge is 0.318 e. The molecule has 0 bridgehead atoms. The third kappa shape index (κ3) is 3.87. The van der Waals surface area contributed by atoms with Gasteiger partial charge in [0.15, 0.2) is 0 Å². The molecule has 0 radical (unpaired) electrons. The van der Waals surface area contributed by atoms with E-state index in [0.717, 1.165) is 37.3 Å². The maximum atomic E-state index is 15.0. The molecule has 1 aromatic carbocycles. The standard InChI is InChI=1S/C24H27F2NO2S/c1-15-12-24(13-15,23(28)29)19-11-20(25)18(10-21(19)26)14-27-16(2)8-9-22(30-27)17-6-4-3-5-7-17/h4,6-7,10-12,16,22H,3,5,8-9,13-14H2,1-2H3,(H,28,29)/t16-,22?,24?/m0/s1. The Morgan fingerprint density at radius 3 is 2.67 bits per heavy atom. The van der Waals surface area contributed by atoms with E-state index in [1.165, 1.54) is 17.7 Å². The van der Waals surface area contributed by atoms with Crippen molar-refractivity contribution in [2.75, 3.05) is 0 Å². The van der Waals surface area contributed by atoms with Crippen LogP contribution in [0.1, 0.15) is 57.1 Å². The Balaban J connectivity index is 1.56. The van der Waals surface area contributed by atoms with Gasteiger partial charge in [-0.1, -0.05) is 41.8 Å². The SMILES string of the molecule is CC1=CC(C(=O)O)(c2cc(F)c(CN3SC(C4=CCCC=C4)CC[C@@H]3C)cc2F)C1. The van der Waals surface area contributed by atoms with E-state index in [1.807, 2.05) is 0 Å². The molecule has 1 aromatic rings. The molecule has 3 aliphatic rings. The molecule has 2 aliphatic carbocycles. The minimum Gasteiger partial charge on any atom is -0.480 e. The van der Waals surface area contributed by atoms with Gasteiger partial charge in [0.05, 0.1) is 0 Å². The van der Waals surface area contributed by atoms with Crippen LogP contribution in [-0.2, 0) is 16.8 Å². The van der Waals surface area contributed by atoms with Crippen molar-refractivity contribution in [3.8, 4) is 0 Å². The maximum Gasteiger partial charge on any atom is 0.318 e. The molecule has 2 unspecified atom stereocenters. The third-order valence-electron chi connectivity index (χ3n) is 6.37. The highest BCUT2D eigenvalue weighted by molar-refractivity contribution is 7.97. The van der Waals surface area contributed by atoms with E-state index in [1.54, 1.807) is 18.9 Å². The number of carbonyl (C=O) groups is 1. The summed E-state index contributed by atoms with van der Waals surface area (Å²) < 4.78 is 32.1. The van der Waals surface area contributed by atoms with E-state index in [2.05, 4.69) is 29.5 Å². The van der Waals surface area contributed by atoms with Crippen LogP contribution in [0.15, 0.2) is 47.6 Å². The quantitative estimate of drug-likeness (QED) is 0.464. The molecule has 0 spiro atoms. The predicted molar refractivity (Wildman–Crippen MR) is 116 cm³/mol. The Kier molecular flexibility index (Phi) is 5.90. The molecule has 0 aromatic heterocycles. The van der Waals surface area contributed by atoms with Crippen molar-refractivity contribution in [3.05, 3.63) is 70.3 Å². The Labute approximate surface area is 180 Å². The fourth-order valence-electron chi connectivity index (χ4n) is 4.63. The van der Waals surface area contributed by atoms with E-state index < -0.39 is 23.0 Å². The van der Waals surface area contributed by atoms with Gasteiger partial charge in [-0.3, -0.25) is 4.79 Å². The fourth-order valence-corrected chi connectivity index (χ4v) is 6.02. The van der Waals surface area contributed by atoms with Gasteiger partial charge in [0.2, 0.25) is 0 Å². The van der Waals surface area contributed by atoms with Gasteiger partial charge in [0.1, 0.15) is 17.0 Å². The largest absolute Gasteiger partial charge is 0.480 e. The first-order chi connectivity index (χ1) is 14.3. The van der Waals surface area contributed by atoms with E-state index in [4.69, 9.17) is 0 Å². The topological polar surface area (TPSA) is 40.5 Å². The summed E-state index contributed by atoms with van der Waals surface area (Å²) in [4.78, 5) is 11.8. The van der Waals surface area contributed by atoms with Gasteiger partial charge in [0.25, 0.3) is 0 Å². The van der Waals surface area contributed by atoms with Crippen LogP contribution < -0.4 is 0 Å². The highest BCUT2D eigenvalue weighted by atomic mass is 32.2. The highest BCUT2D eigenvalue weighted by Crippen LogP contribution is 2.44. The number of benzene rings is 1. The number of carboxylic acid groups (broad SMARTS) is 1. The molecule has 1 heterocycles. The first-order valence-corrected chi connectivity index (χ1v) is 11.3. The Hall–Kier alpha value is -1.92. The van der Waals surface area contributed by atoms with Crippen LogP contribution >= 0.6 is 11.9 Å². The molecule has 1 saturated heterocycles. The second-order valence-corrected chi connectivity index (χ2v) is 9.90. The van der Waals surface area contributed by atoms with Gasteiger partial charge in [-0.15, -0.1) is 0 Å². The van der Waals surface area contributed by atoms with Crippen molar-refractivity contribution in [1.82, 2.24) is 4.31 Å². The summed E-state index contributed by atoms with van der Waals surface area (Å²) in [7, 11) is 0. The van der Waals surface area contributed by atoms with Crippen molar-refractivity contribution in [3.63, 3.8) is 0 Å². The van der Waals surface area contributed by atoms with Crippen molar-refractivity contribution in [2.24, 2.45) is 0 Å². The Morgan fingerprint density at radius 1 is 1.27 bits per heavy atom. The van der Waals surface area contributed by atoms with Crippen LogP contribution in [0.4, 0.5) is 8.78 Å². The molecule has 30 heavy (non-hydrogen) atoms. The molecule has 6 heteroatoms. The minimum absolute atomic E-state index is 0.0865. The second kappa shape index (κ2) is 8.31. The molecular weight excluding hydrogens is 404 g/mol. The van der Waals surface area contributed by atoms with Crippen LogP contribution in [0, 0.1) is 11.6 Å². The molecule has 3 atom stereocenters. The molecule has 160 valence electrons. The summed E-state index contributed by atoms with van der Waals surface area (Å²) in [5, 5.41) is 9.97. The maximum absolute atomic E-state index is 15.0. The number of halogens is 2. The van der Waals surface area contributed by atoms with E-state index in [0.29, 0.717) is 5.25 Å². The van der Waals surface area contributed by atoms with Gasteiger partial charge in [-0.05, 0) is 63.7 Å². The number of allylic oxidation sites excluding steroid dienone is 4. The van der Waals surface area contributed by atoms with Crippen molar-refractivity contribution in [2.45, 2.75) is 69.2 Å². The lowest BCUT2D eigenvalue weighted by molar-refractivity contribution is -0.142. The number of hydrogen-bond donors (Lipinski definition) is 1. The lowest BCUT2D eigenvalue weighted by Gasteiger charge is -2.38. The first kappa shape index (κ1) is 21.3. The minimum atomic E-state index is -1.45. The first-order valence-electron chi connectivity index (χ1n) is 10.5. The average molecular weight is 432 g/mol. The molecule has 1 fully saturated rings. The van der Waals surface area contributed by atoms with Crippen LogP contribution in [0.5, 0.6) is 0 Å². The van der Waals surface area contributed by atoms with Gasteiger partial charge >= 0.3 is 5.97 Å². The molecule has 4 rings (SSSR count). The number of nitrogens with zero attached hydrogens (tertiary/aromatic N) is 1. The zero-order chi connectivity index (χ0) is 21.5. The van der Waals surface area contributed by atoms with Crippen LogP contribution in [0.25, 0.3) is 0 Å². The highest BCUT2D eigenvalue weighted by Gasteiger charge is 2.46. The molecule has 0 amide bonds. The molecule has 1 aliphatic heterocycles. The Bertz CT molecular complexity index is 955. The van der Waals surface area contributed by atoms with Crippen LogP contribution in [0.3, 0.4) is 0 Å². The van der Waals surface area contributed by atoms with Crippen molar-refractivity contribution >= 4 is 17.9 Å². The number of carboxylic acids is 1. The van der Waals surface area contributed by atoms with Crippen molar-refractivity contribution < 1.29 is 18.7 Å². The summed E-state index contributed by atoms with van der Waals surface area (Å²) in [5.41, 5.74) is 0.921. The van der Waals surface area contributed by atoms with E-state index >= 15 is 0 Å². The third-order valence-corrected chi connectivity index (χ3v) is 7.89. The average Bonchev–Trinajstić information content (AvgIpc) is 2.70. The van der Waals surface area contributed by atoms with E-state index in [9.17, 15) is 18.7 Å². The molecule has 0 saturated carbocycles. The summed E-state index contributed by atoms with van der Waals surface area (Å²) in [6, 6.07) is 2.53. The van der Waals surface area contributed by atoms with Crippen LogP contribution in [0.2, 0.25) is 0 Å². The number of aliphatic carboxylic acids is 1. The fraction of sp³-hybridized carbons (Fsp3) is 0.458. The predicted octanol–water partition coefficient (Wildman–Crippen LogP) is 5.91. The van der Waals surface area contributed by atoms with Gasteiger partial charge < -0.3 is 5.11 Å². The molecule has 3 nitrogen and oxygen atoms in total. The van der Waals surface area contributed by atoms with Crippen LogP contribution in [-0.4, -0.2) is 26.7 Å².